The number of fused-ring (bicyclic) bond motifs is 2. The fourth-order valence-corrected chi connectivity index (χ4v) is 5.71. The Morgan fingerprint density at radius 2 is 1.76 bits per heavy atom. The van der Waals surface area contributed by atoms with Crippen molar-refractivity contribution >= 4 is 0 Å². The van der Waals surface area contributed by atoms with Crippen molar-refractivity contribution in [2.24, 2.45) is 22.2 Å². The molecule has 0 radical (unpaired) electrons. The van der Waals surface area contributed by atoms with Crippen LogP contribution < -0.4 is 5.32 Å². The summed E-state index contributed by atoms with van der Waals surface area (Å²) in [5, 5.41) is 4.09. The first kappa shape index (κ1) is 15.8. The molecular formula is C19H35NO. The van der Waals surface area contributed by atoms with Crippen molar-refractivity contribution in [1.82, 2.24) is 5.32 Å². The van der Waals surface area contributed by atoms with Crippen LogP contribution >= 0.6 is 0 Å². The summed E-state index contributed by atoms with van der Waals surface area (Å²) < 4.78 is 5.97. The number of ether oxygens (including phenoxy) is 1. The molecule has 3 saturated carbocycles. The molecule has 0 aromatic heterocycles. The Kier molecular flexibility index (Phi) is 3.73. The first-order valence-electron chi connectivity index (χ1n) is 9.17. The fraction of sp³-hybridized carbons (Fsp3) is 1.00. The van der Waals surface area contributed by atoms with Gasteiger partial charge in [0, 0.05) is 24.1 Å². The lowest BCUT2D eigenvalue weighted by atomic mass is 9.60. The van der Waals surface area contributed by atoms with Crippen molar-refractivity contribution < 1.29 is 4.74 Å². The van der Waals surface area contributed by atoms with Crippen LogP contribution in [-0.2, 0) is 4.74 Å². The summed E-state index contributed by atoms with van der Waals surface area (Å²) in [5.41, 5.74) is 1.33. The standard InChI is InChI=1S/C19H35NO/c1-7-18(5)14(12-16(18)21-8-2)20-15-11-13-9-10-19(15,6)17(13,3)4/h13-16,20H,7-12H2,1-6H3. The van der Waals surface area contributed by atoms with Gasteiger partial charge in [0.05, 0.1) is 6.10 Å². The van der Waals surface area contributed by atoms with E-state index in [9.17, 15) is 0 Å². The highest BCUT2D eigenvalue weighted by Gasteiger charge is 2.63. The third-order valence-corrected chi connectivity index (χ3v) is 8.31. The first-order valence-corrected chi connectivity index (χ1v) is 9.17. The van der Waals surface area contributed by atoms with Gasteiger partial charge in [0.25, 0.3) is 0 Å². The van der Waals surface area contributed by atoms with E-state index in [-0.39, 0.29) is 0 Å². The Morgan fingerprint density at radius 3 is 2.24 bits per heavy atom. The van der Waals surface area contributed by atoms with Gasteiger partial charge >= 0.3 is 0 Å². The predicted molar refractivity (Wildman–Crippen MR) is 88.4 cm³/mol. The smallest absolute Gasteiger partial charge is 0.0658 e. The van der Waals surface area contributed by atoms with Gasteiger partial charge in [0.1, 0.15) is 0 Å². The maximum atomic E-state index is 5.97. The quantitative estimate of drug-likeness (QED) is 0.812. The molecule has 0 amide bonds. The molecule has 1 N–H and O–H groups in total. The molecular weight excluding hydrogens is 258 g/mol. The average Bonchev–Trinajstić information content (AvgIpc) is 2.78. The van der Waals surface area contributed by atoms with Crippen molar-refractivity contribution in [3.05, 3.63) is 0 Å². The lowest BCUT2D eigenvalue weighted by Crippen LogP contribution is -2.65. The van der Waals surface area contributed by atoms with Gasteiger partial charge in [-0.3, -0.25) is 0 Å². The van der Waals surface area contributed by atoms with E-state index in [1.807, 2.05) is 0 Å². The van der Waals surface area contributed by atoms with E-state index in [4.69, 9.17) is 4.74 Å². The van der Waals surface area contributed by atoms with Crippen LogP contribution in [0.5, 0.6) is 0 Å². The fourth-order valence-electron chi connectivity index (χ4n) is 5.71. The summed E-state index contributed by atoms with van der Waals surface area (Å²) in [4.78, 5) is 0. The van der Waals surface area contributed by atoms with E-state index >= 15 is 0 Å². The van der Waals surface area contributed by atoms with Crippen LogP contribution in [0, 0.1) is 22.2 Å². The number of hydrogen-bond acceptors (Lipinski definition) is 2. The Labute approximate surface area is 131 Å². The van der Waals surface area contributed by atoms with Crippen molar-refractivity contribution in [2.75, 3.05) is 6.61 Å². The molecule has 3 aliphatic carbocycles. The van der Waals surface area contributed by atoms with E-state index in [2.05, 4.69) is 46.9 Å². The molecule has 0 spiro atoms. The zero-order chi connectivity index (χ0) is 15.5. The molecule has 2 heteroatoms. The molecule has 0 saturated heterocycles. The third kappa shape index (κ3) is 1.97. The summed E-state index contributed by atoms with van der Waals surface area (Å²) in [6.07, 6.45) is 7.12. The highest BCUT2D eigenvalue weighted by Crippen LogP contribution is 2.65. The van der Waals surface area contributed by atoms with Gasteiger partial charge in [0.15, 0.2) is 0 Å². The summed E-state index contributed by atoms with van der Waals surface area (Å²) in [5.74, 6) is 0.927. The zero-order valence-corrected chi connectivity index (χ0v) is 15.0. The molecule has 3 rings (SSSR count). The van der Waals surface area contributed by atoms with Gasteiger partial charge in [-0.05, 0) is 55.8 Å². The predicted octanol–water partition coefficient (Wildman–Crippen LogP) is 4.38. The maximum Gasteiger partial charge on any atom is 0.0658 e. The first-order chi connectivity index (χ1) is 9.79. The molecule has 6 unspecified atom stereocenters. The van der Waals surface area contributed by atoms with E-state index in [1.165, 1.54) is 32.1 Å². The molecule has 21 heavy (non-hydrogen) atoms. The Morgan fingerprint density at radius 1 is 1.05 bits per heavy atom. The lowest BCUT2D eigenvalue weighted by molar-refractivity contribution is -0.131. The Hall–Kier alpha value is -0.0800. The minimum Gasteiger partial charge on any atom is -0.378 e. The largest absolute Gasteiger partial charge is 0.378 e. The van der Waals surface area contributed by atoms with Crippen LogP contribution in [0.4, 0.5) is 0 Å². The van der Waals surface area contributed by atoms with Gasteiger partial charge in [0.2, 0.25) is 0 Å². The van der Waals surface area contributed by atoms with Crippen molar-refractivity contribution in [3.63, 3.8) is 0 Å². The van der Waals surface area contributed by atoms with Crippen LogP contribution in [0.1, 0.15) is 73.6 Å². The van der Waals surface area contributed by atoms with Crippen molar-refractivity contribution in [2.45, 2.75) is 91.8 Å². The van der Waals surface area contributed by atoms with Gasteiger partial charge in [-0.25, -0.2) is 0 Å². The van der Waals surface area contributed by atoms with E-state index in [0.717, 1.165) is 12.5 Å². The number of rotatable bonds is 5. The monoisotopic (exact) mass is 293 g/mol. The molecule has 0 heterocycles. The summed E-state index contributed by atoms with van der Waals surface area (Å²) >= 11 is 0. The van der Waals surface area contributed by atoms with Crippen LogP contribution in [0.2, 0.25) is 0 Å². The van der Waals surface area contributed by atoms with E-state index < -0.39 is 0 Å². The van der Waals surface area contributed by atoms with Crippen molar-refractivity contribution in [3.8, 4) is 0 Å². The number of hydrogen-bond donors (Lipinski definition) is 1. The van der Waals surface area contributed by atoms with Gasteiger partial charge in [-0.15, -0.1) is 0 Å². The summed E-state index contributed by atoms with van der Waals surface area (Å²) in [6, 6.07) is 1.36. The molecule has 0 aliphatic heterocycles. The molecule has 122 valence electrons. The van der Waals surface area contributed by atoms with Crippen LogP contribution in [0.3, 0.4) is 0 Å². The Balaban J connectivity index is 1.69. The molecule has 6 atom stereocenters. The molecule has 3 aliphatic rings. The minimum absolute atomic E-state index is 0.332. The van der Waals surface area contributed by atoms with Crippen molar-refractivity contribution in [1.29, 1.82) is 0 Å². The molecule has 2 nitrogen and oxygen atoms in total. The van der Waals surface area contributed by atoms with Gasteiger partial charge < -0.3 is 10.1 Å². The lowest BCUT2D eigenvalue weighted by Gasteiger charge is -2.56. The average molecular weight is 293 g/mol. The summed E-state index contributed by atoms with van der Waals surface area (Å²) in [6.45, 7) is 15.3. The van der Waals surface area contributed by atoms with Crippen LogP contribution in [0.15, 0.2) is 0 Å². The number of nitrogens with one attached hydrogen (secondary N) is 1. The van der Waals surface area contributed by atoms with Gasteiger partial charge in [-0.2, -0.15) is 0 Å². The minimum atomic E-state index is 0.332. The maximum absolute atomic E-state index is 5.97. The van der Waals surface area contributed by atoms with E-state index in [1.54, 1.807) is 0 Å². The highest BCUT2D eigenvalue weighted by atomic mass is 16.5. The molecule has 2 bridgehead atoms. The topological polar surface area (TPSA) is 21.3 Å². The molecule has 0 aromatic rings. The van der Waals surface area contributed by atoms with E-state index in [0.29, 0.717) is 34.4 Å². The molecule has 3 fully saturated rings. The second kappa shape index (κ2) is 4.96. The third-order valence-electron chi connectivity index (χ3n) is 8.31. The highest BCUT2D eigenvalue weighted by molar-refractivity contribution is 5.15. The Bertz CT molecular complexity index is 406. The van der Waals surface area contributed by atoms with Crippen LogP contribution in [0.25, 0.3) is 0 Å². The summed E-state index contributed by atoms with van der Waals surface area (Å²) in [7, 11) is 0. The molecule has 0 aromatic carbocycles. The van der Waals surface area contributed by atoms with Gasteiger partial charge in [-0.1, -0.05) is 34.6 Å². The normalized spacial score (nSPS) is 51.1. The second-order valence-corrected chi connectivity index (χ2v) is 8.92. The second-order valence-electron chi connectivity index (χ2n) is 8.92. The van der Waals surface area contributed by atoms with Crippen LogP contribution in [-0.4, -0.2) is 24.8 Å². The SMILES string of the molecule is CCOC1CC(NC2CC3CCC2(C)C3(C)C)C1(C)CC. The zero-order valence-electron chi connectivity index (χ0n) is 15.0.